The van der Waals surface area contributed by atoms with Gasteiger partial charge in [0.2, 0.25) is 0 Å². The van der Waals surface area contributed by atoms with E-state index in [1.165, 1.54) is 54.4 Å². The van der Waals surface area contributed by atoms with Crippen molar-refractivity contribution in [2.45, 2.75) is 0 Å². The van der Waals surface area contributed by atoms with Gasteiger partial charge in [-0.05, 0) is 80.0 Å². The highest BCUT2D eigenvalue weighted by molar-refractivity contribution is 6.98. The molecular weight excluding hydrogens is 585 g/mol. The van der Waals surface area contributed by atoms with Crippen molar-refractivity contribution in [1.29, 1.82) is 0 Å². The van der Waals surface area contributed by atoms with Crippen molar-refractivity contribution in [1.82, 2.24) is 4.57 Å². The van der Waals surface area contributed by atoms with Crippen LogP contribution in [0, 0.1) is 0 Å². The van der Waals surface area contributed by atoms with Crippen LogP contribution in [-0.2, 0) is 0 Å². The molecule has 48 heavy (non-hydrogen) atoms. The van der Waals surface area contributed by atoms with E-state index in [-0.39, 0.29) is 6.71 Å². The molecule has 1 aromatic heterocycles. The summed E-state index contributed by atoms with van der Waals surface area (Å²) < 4.78 is 15.7. The van der Waals surface area contributed by atoms with Gasteiger partial charge in [-0.15, -0.1) is 0 Å². The van der Waals surface area contributed by atoms with Crippen molar-refractivity contribution in [3.05, 3.63) is 158 Å². The van der Waals surface area contributed by atoms with E-state index in [4.69, 9.17) is 9.47 Å². The number of rotatable bonds is 2. The van der Waals surface area contributed by atoms with Gasteiger partial charge >= 0.3 is 0 Å². The SMILES string of the molecule is c1ccc2c(c1)Oc1cc(-n3c4ccccc4c4cc(-c5c6ccccc6cc6ccccc56)ccc43)cc3c1B2c1ccccc1O3. The Labute approximate surface area is 277 Å². The molecular formula is C44H26BNO2. The fourth-order valence-electron chi connectivity index (χ4n) is 8.24. The molecule has 0 bridgehead atoms. The largest absolute Gasteiger partial charge is 0.458 e. The molecule has 0 unspecified atom stereocenters. The fraction of sp³-hybridized carbons (Fsp3) is 0. The molecule has 222 valence electrons. The number of hydrogen-bond acceptors (Lipinski definition) is 2. The first kappa shape index (κ1) is 25.9. The number of hydrogen-bond donors (Lipinski definition) is 0. The second-order valence-corrected chi connectivity index (χ2v) is 12.8. The van der Waals surface area contributed by atoms with Gasteiger partial charge in [0, 0.05) is 28.4 Å². The van der Waals surface area contributed by atoms with Crippen molar-refractivity contribution in [3.63, 3.8) is 0 Å². The first-order valence-corrected chi connectivity index (χ1v) is 16.5. The average molecular weight is 612 g/mol. The Kier molecular flexibility index (Phi) is 5.19. The molecule has 0 amide bonds. The van der Waals surface area contributed by atoms with E-state index in [1.807, 2.05) is 12.1 Å². The van der Waals surface area contributed by atoms with Crippen molar-refractivity contribution >= 4 is 66.5 Å². The Bertz CT molecular complexity index is 2690. The third-order valence-electron chi connectivity index (χ3n) is 10.3. The number of aromatic nitrogens is 1. The average Bonchev–Trinajstić information content (AvgIpc) is 3.47. The van der Waals surface area contributed by atoms with Crippen LogP contribution in [0.1, 0.15) is 0 Å². The van der Waals surface area contributed by atoms with Gasteiger partial charge < -0.3 is 14.0 Å². The number of benzene rings is 8. The first-order chi connectivity index (χ1) is 23.8. The smallest absolute Gasteiger partial charge is 0.260 e. The Morgan fingerprint density at radius 3 is 1.62 bits per heavy atom. The predicted molar refractivity (Wildman–Crippen MR) is 199 cm³/mol. The molecule has 0 N–H and O–H groups in total. The van der Waals surface area contributed by atoms with E-state index in [1.54, 1.807) is 0 Å². The first-order valence-electron chi connectivity index (χ1n) is 16.5. The minimum atomic E-state index is 0.0511. The highest BCUT2D eigenvalue weighted by Gasteiger charge is 2.40. The lowest BCUT2D eigenvalue weighted by atomic mass is 9.35. The molecule has 0 spiro atoms. The van der Waals surface area contributed by atoms with Gasteiger partial charge in [0.05, 0.1) is 16.7 Å². The van der Waals surface area contributed by atoms with Gasteiger partial charge in [0.15, 0.2) is 0 Å². The number of ether oxygens (including phenoxy) is 2. The van der Waals surface area contributed by atoms with Crippen molar-refractivity contribution in [3.8, 4) is 39.8 Å². The molecule has 2 aliphatic rings. The molecule has 0 saturated heterocycles. The van der Waals surface area contributed by atoms with Gasteiger partial charge in [-0.3, -0.25) is 0 Å². The standard InChI is InChI=1S/C44H26BNO2/c1-3-13-31-27(11-1)23-28-12-2-4-14-32(28)43(31)29-21-22-38-34(24-29)33-15-5-8-18-37(33)46(38)30-25-41-44-42(26-30)48-40-20-10-7-17-36(40)45(44)35-16-6-9-19-39(35)47-41/h1-26H. The zero-order valence-electron chi connectivity index (χ0n) is 25.9. The normalized spacial score (nSPS) is 12.9. The topological polar surface area (TPSA) is 23.4 Å². The monoisotopic (exact) mass is 611 g/mol. The second kappa shape index (κ2) is 9.63. The van der Waals surface area contributed by atoms with Gasteiger partial charge in [-0.1, -0.05) is 109 Å². The van der Waals surface area contributed by atoms with Gasteiger partial charge in [0.25, 0.3) is 6.71 Å². The van der Waals surface area contributed by atoms with E-state index in [0.717, 1.165) is 45.2 Å². The van der Waals surface area contributed by atoms with Crippen LogP contribution in [-0.4, -0.2) is 11.3 Å². The lowest BCUT2D eigenvalue weighted by molar-refractivity contribution is 0.464. The van der Waals surface area contributed by atoms with Crippen LogP contribution in [0.25, 0.3) is 60.2 Å². The lowest BCUT2D eigenvalue weighted by Crippen LogP contribution is -2.57. The Hall–Kier alpha value is -6.26. The van der Waals surface area contributed by atoms with E-state index < -0.39 is 0 Å². The van der Waals surface area contributed by atoms with E-state index in [0.29, 0.717) is 0 Å². The summed E-state index contributed by atoms with van der Waals surface area (Å²) in [5.41, 5.74) is 9.19. The third kappa shape index (κ3) is 3.54. The summed E-state index contributed by atoms with van der Waals surface area (Å²) in [7, 11) is 0. The quantitative estimate of drug-likeness (QED) is 0.144. The molecule has 0 aliphatic carbocycles. The highest BCUT2D eigenvalue weighted by atomic mass is 16.5. The van der Waals surface area contributed by atoms with Crippen molar-refractivity contribution in [2.24, 2.45) is 0 Å². The second-order valence-electron chi connectivity index (χ2n) is 12.8. The van der Waals surface area contributed by atoms with Crippen LogP contribution >= 0.6 is 0 Å². The van der Waals surface area contributed by atoms with Crippen LogP contribution in [0.15, 0.2) is 158 Å². The van der Waals surface area contributed by atoms with Crippen molar-refractivity contribution in [2.75, 3.05) is 0 Å². The zero-order valence-corrected chi connectivity index (χ0v) is 25.9. The summed E-state index contributed by atoms with van der Waals surface area (Å²) in [5, 5.41) is 7.44. The highest BCUT2D eigenvalue weighted by Crippen LogP contribution is 2.42. The molecule has 0 saturated carbocycles. The molecule has 3 nitrogen and oxygen atoms in total. The molecule has 9 aromatic rings. The Balaban J connectivity index is 1.16. The van der Waals surface area contributed by atoms with E-state index in [2.05, 4.69) is 150 Å². The molecule has 3 heterocycles. The summed E-state index contributed by atoms with van der Waals surface area (Å²) in [6.07, 6.45) is 0. The summed E-state index contributed by atoms with van der Waals surface area (Å²) >= 11 is 0. The van der Waals surface area contributed by atoms with E-state index in [9.17, 15) is 0 Å². The van der Waals surface area contributed by atoms with Crippen molar-refractivity contribution < 1.29 is 9.47 Å². The lowest BCUT2D eigenvalue weighted by Gasteiger charge is -2.33. The molecule has 11 rings (SSSR count). The van der Waals surface area contributed by atoms with Crippen LogP contribution in [0.2, 0.25) is 0 Å². The molecule has 2 aliphatic heterocycles. The van der Waals surface area contributed by atoms with E-state index >= 15 is 0 Å². The molecule has 4 heteroatoms. The van der Waals surface area contributed by atoms with Gasteiger partial charge in [0.1, 0.15) is 23.0 Å². The third-order valence-corrected chi connectivity index (χ3v) is 10.3. The summed E-state index contributed by atoms with van der Waals surface area (Å²) in [5.74, 6) is 3.46. The minimum absolute atomic E-state index is 0.0511. The maximum Gasteiger partial charge on any atom is 0.260 e. The van der Waals surface area contributed by atoms with Gasteiger partial charge in [-0.25, -0.2) is 0 Å². The number of para-hydroxylation sites is 3. The zero-order chi connectivity index (χ0) is 31.3. The summed E-state index contributed by atoms with van der Waals surface area (Å²) in [6.45, 7) is 0.0511. The molecule has 0 fully saturated rings. The molecule has 8 aromatic carbocycles. The van der Waals surface area contributed by atoms with Gasteiger partial charge in [-0.2, -0.15) is 0 Å². The number of fused-ring (bicyclic) bond motifs is 9. The fourth-order valence-corrected chi connectivity index (χ4v) is 8.24. The van der Waals surface area contributed by atoms with Crippen LogP contribution < -0.4 is 25.9 Å². The van der Waals surface area contributed by atoms with Crippen LogP contribution in [0.4, 0.5) is 0 Å². The Morgan fingerprint density at radius 2 is 0.958 bits per heavy atom. The number of nitrogens with zero attached hydrogens (tertiary/aromatic N) is 1. The summed E-state index contributed by atoms with van der Waals surface area (Å²) in [6, 6.07) is 56.5. The molecule has 0 radical (unpaired) electrons. The Morgan fingerprint density at radius 1 is 0.417 bits per heavy atom. The van der Waals surface area contributed by atoms with Crippen LogP contribution in [0.3, 0.4) is 0 Å². The van der Waals surface area contributed by atoms with Crippen LogP contribution in [0.5, 0.6) is 23.0 Å². The summed E-state index contributed by atoms with van der Waals surface area (Å²) in [4.78, 5) is 0. The maximum absolute atomic E-state index is 6.67. The maximum atomic E-state index is 6.67. The minimum Gasteiger partial charge on any atom is -0.458 e. The predicted octanol–water partition coefficient (Wildman–Crippen LogP) is 9.48. The molecule has 0 atom stereocenters.